The molecule has 1 N–H and O–H groups in total. The molecule has 0 radical (unpaired) electrons. The summed E-state index contributed by atoms with van der Waals surface area (Å²) < 4.78 is 0.854. The number of nitrogens with zero attached hydrogens (tertiary/aromatic N) is 1. The van der Waals surface area contributed by atoms with Crippen molar-refractivity contribution in [1.82, 2.24) is 0 Å². The molecule has 94 valence electrons. The van der Waals surface area contributed by atoms with E-state index >= 15 is 0 Å². The standard InChI is InChI=1S/C12H17BrN2O2/c1-3-4-9(2)8-14-12-7-10(15(16)17)5-6-11(12)13/h5-7,9,14H,3-4,8H2,1-2H3. The first-order chi connectivity index (χ1) is 8.04. The fraction of sp³-hybridized carbons (Fsp3) is 0.500. The molecule has 5 heteroatoms. The van der Waals surface area contributed by atoms with Gasteiger partial charge in [0.15, 0.2) is 0 Å². The topological polar surface area (TPSA) is 55.2 Å². The molecule has 0 fully saturated rings. The summed E-state index contributed by atoms with van der Waals surface area (Å²) in [5, 5.41) is 13.9. The van der Waals surface area contributed by atoms with Gasteiger partial charge in [-0.25, -0.2) is 0 Å². The first-order valence-corrected chi connectivity index (χ1v) is 6.51. The van der Waals surface area contributed by atoms with Crippen LogP contribution >= 0.6 is 15.9 Å². The van der Waals surface area contributed by atoms with E-state index in [1.165, 1.54) is 6.07 Å². The number of anilines is 1. The summed E-state index contributed by atoms with van der Waals surface area (Å²) in [7, 11) is 0. The van der Waals surface area contributed by atoms with Crippen molar-refractivity contribution >= 4 is 27.3 Å². The molecule has 1 rings (SSSR count). The highest BCUT2D eigenvalue weighted by molar-refractivity contribution is 9.10. The molecule has 1 aromatic carbocycles. The van der Waals surface area contributed by atoms with Gasteiger partial charge in [0, 0.05) is 23.2 Å². The van der Waals surface area contributed by atoms with Gasteiger partial charge in [0.1, 0.15) is 0 Å². The van der Waals surface area contributed by atoms with Crippen LogP contribution in [-0.2, 0) is 0 Å². The first kappa shape index (κ1) is 14.0. The summed E-state index contributed by atoms with van der Waals surface area (Å²) in [6, 6.07) is 4.75. The Morgan fingerprint density at radius 1 is 1.53 bits per heavy atom. The second-order valence-corrected chi connectivity index (χ2v) is 5.05. The number of benzene rings is 1. The maximum absolute atomic E-state index is 10.7. The molecular formula is C12H17BrN2O2. The number of hydrogen-bond acceptors (Lipinski definition) is 3. The summed E-state index contributed by atoms with van der Waals surface area (Å²) in [6.45, 7) is 5.15. The van der Waals surface area contributed by atoms with Gasteiger partial charge in [0.2, 0.25) is 0 Å². The number of halogens is 1. The molecule has 0 aliphatic carbocycles. The fourth-order valence-corrected chi connectivity index (χ4v) is 2.03. The van der Waals surface area contributed by atoms with Gasteiger partial charge >= 0.3 is 0 Å². The Kier molecular flexibility index (Phi) is 5.41. The molecule has 1 atom stereocenters. The van der Waals surface area contributed by atoms with Gasteiger partial charge in [-0.3, -0.25) is 10.1 Å². The summed E-state index contributed by atoms with van der Waals surface area (Å²) in [5.41, 5.74) is 0.890. The Bertz CT molecular complexity index is 396. The minimum absolute atomic E-state index is 0.110. The minimum Gasteiger partial charge on any atom is -0.384 e. The van der Waals surface area contributed by atoms with Crippen LogP contribution in [0.25, 0.3) is 0 Å². The Hall–Kier alpha value is -1.10. The van der Waals surface area contributed by atoms with E-state index in [1.54, 1.807) is 12.1 Å². The second-order valence-electron chi connectivity index (χ2n) is 4.20. The third kappa shape index (κ3) is 4.34. The molecule has 1 aromatic rings. The van der Waals surface area contributed by atoms with Crippen LogP contribution in [0.15, 0.2) is 22.7 Å². The zero-order chi connectivity index (χ0) is 12.8. The molecule has 0 aliphatic heterocycles. The SMILES string of the molecule is CCCC(C)CNc1cc([N+](=O)[O-])ccc1Br. The molecule has 0 aromatic heterocycles. The molecular weight excluding hydrogens is 284 g/mol. The van der Waals surface area contributed by atoms with Gasteiger partial charge in [-0.15, -0.1) is 0 Å². The Morgan fingerprint density at radius 3 is 2.82 bits per heavy atom. The van der Waals surface area contributed by atoms with E-state index in [0.717, 1.165) is 29.5 Å². The van der Waals surface area contributed by atoms with Crippen molar-refractivity contribution in [2.75, 3.05) is 11.9 Å². The van der Waals surface area contributed by atoms with Crippen molar-refractivity contribution in [1.29, 1.82) is 0 Å². The predicted molar refractivity (Wildman–Crippen MR) is 73.4 cm³/mol. The fourth-order valence-electron chi connectivity index (χ4n) is 1.64. The van der Waals surface area contributed by atoms with Crippen LogP contribution in [0, 0.1) is 16.0 Å². The van der Waals surface area contributed by atoms with E-state index in [9.17, 15) is 10.1 Å². The number of rotatable bonds is 6. The molecule has 1 unspecified atom stereocenters. The lowest BCUT2D eigenvalue weighted by Crippen LogP contribution is -2.11. The summed E-state index contributed by atoms with van der Waals surface area (Å²) in [6.07, 6.45) is 2.30. The van der Waals surface area contributed by atoms with Crippen LogP contribution in [0.4, 0.5) is 11.4 Å². The lowest BCUT2D eigenvalue weighted by molar-refractivity contribution is -0.384. The van der Waals surface area contributed by atoms with Crippen molar-refractivity contribution < 1.29 is 4.92 Å². The van der Waals surface area contributed by atoms with Crippen molar-refractivity contribution in [3.05, 3.63) is 32.8 Å². The number of nitro groups is 1. The molecule has 0 heterocycles. The summed E-state index contributed by atoms with van der Waals surface area (Å²) in [4.78, 5) is 10.3. The lowest BCUT2D eigenvalue weighted by atomic mass is 10.1. The molecule has 0 bridgehead atoms. The van der Waals surface area contributed by atoms with Crippen LogP contribution in [0.1, 0.15) is 26.7 Å². The normalized spacial score (nSPS) is 12.2. The van der Waals surface area contributed by atoms with Crippen LogP contribution in [0.3, 0.4) is 0 Å². The van der Waals surface area contributed by atoms with E-state index in [4.69, 9.17) is 0 Å². The Balaban J connectivity index is 2.69. The third-order valence-electron chi connectivity index (χ3n) is 2.58. The first-order valence-electron chi connectivity index (χ1n) is 5.72. The highest BCUT2D eigenvalue weighted by Gasteiger charge is 2.10. The van der Waals surface area contributed by atoms with Crippen LogP contribution in [0.2, 0.25) is 0 Å². The molecule has 0 spiro atoms. The van der Waals surface area contributed by atoms with Gasteiger partial charge in [-0.2, -0.15) is 0 Å². The van der Waals surface area contributed by atoms with Gasteiger partial charge in [-0.1, -0.05) is 20.3 Å². The summed E-state index contributed by atoms with van der Waals surface area (Å²) >= 11 is 3.38. The zero-order valence-corrected chi connectivity index (χ0v) is 11.7. The molecule has 0 saturated heterocycles. The molecule has 0 saturated carbocycles. The predicted octanol–water partition coefficient (Wildman–Crippen LogP) is 4.21. The average Bonchev–Trinajstić information content (AvgIpc) is 2.28. The molecule has 17 heavy (non-hydrogen) atoms. The quantitative estimate of drug-likeness (QED) is 0.632. The zero-order valence-electron chi connectivity index (χ0n) is 10.1. The highest BCUT2D eigenvalue weighted by Crippen LogP contribution is 2.27. The lowest BCUT2D eigenvalue weighted by Gasteiger charge is -2.13. The Labute approximate surface area is 110 Å². The van der Waals surface area contributed by atoms with Gasteiger partial charge < -0.3 is 5.32 Å². The maximum atomic E-state index is 10.7. The van der Waals surface area contributed by atoms with E-state index in [1.807, 2.05) is 0 Å². The van der Waals surface area contributed by atoms with E-state index in [-0.39, 0.29) is 10.6 Å². The highest BCUT2D eigenvalue weighted by atomic mass is 79.9. The minimum atomic E-state index is -0.382. The number of nitro benzene ring substituents is 1. The van der Waals surface area contributed by atoms with Gasteiger partial charge in [-0.05, 0) is 34.3 Å². The largest absolute Gasteiger partial charge is 0.384 e. The van der Waals surface area contributed by atoms with E-state index in [0.29, 0.717) is 5.92 Å². The smallest absolute Gasteiger partial charge is 0.271 e. The average molecular weight is 301 g/mol. The summed E-state index contributed by atoms with van der Waals surface area (Å²) in [5.74, 6) is 0.561. The van der Waals surface area contributed by atoms with Crippen LogP contribution in [-0.4, -0.2) is 11.5 Å². The van der Waals surface area contributed by atoms with E-state index < -0.39 is 0 Å². The van der Waals surface area contributed by atoms with Crippen molar-refractivity contribution in [2.45, 2.75) is 26.7 Å². The molecule has 0 amide bonds. The molecule has 4 nitrogen and oxygen atoms in total. The number of hydrogen-bond donors (Lipinski definition) is 1. The second kappa shape index (κ2) is 6.59. The van der Waals surface area contributed by atoms with E-state index in [2.05, 4.69) is 35.1 Å². The van der Waals surface area contributed by atoms with Gasteiger partial charge in [0.25, 0.3) is 5.69 Å². The van der Waals surface area contributed by atoms with Crippen molar-refractivity contribution in [3.8, 4) is 0 Å². The van der Waals surface area contributed by atoms with Gasteiger partial charge in [0.05, 0.1) is 10.6 Å². The number of nitrogens with one attached hydrogen (secondary N) is 1. The maximum Gasteiger partial charge on any atom is 0.271 e. The van der Waals surface area contributed by atoms with Crippen molar-refractivity contribution in [2.24, 2.45) is 5.92 Å². The van der Waals surface area contributed by atoms with Crippen LogP contribution in [0.5, 0.6) is 0 Å². The number of non-ortho nitro benzene ring substituents is 1. The van der Waals surface area contributed by atoms with Crippen molar-refractivity contribution in [3.63, 3.8) is 0 Å². The molecule has 0 aliphatic rings. The third-order valence-corrected chi connectivity index (χ3v) is 3.27. The monoisotopic (exact) mass is 300 g/mol. The Morgan fingerprint density at radius 2 is 2.24 bits per heavy atom. The van der Waals surface area contributed by atoms with Crippen LogP contribution < -0.4 is 5.32 Å².